The second-order valence-electron chi connectivity index (χ2n) is 4.89. The molecule has 2 rings (SSSR count). The predicted octanol–water partition coefficient (Wildman–Crippen LogP) is 2.60. The van der Waals surface area contributed by atoms with Gasteiger partial charge in [0.05, 0.1) is 5.92 Å². The number of carbonyl (C=O) groups is 1. The SMILES string of the molecule is Cc1cccc(N2CC[C@H](C(=O)O)[C@H]2C)c1C. The molecule has 1 aliphatic heterocycles. The highest BCUT2D eigenvalue weighted by Gasteiger charge is 2.36. The number of aryl methyl sites for hydroxylation is 1. The van der Waals surface area contributed by atoms with Crippen molar-refractivity contribution < 1.29 is 9.90 Å². The Kier molecular flexibility index (Phi) is 3.09. The first kappa shape index (κ1) is 12.0. The summed E-state index contributed by atoms with van der Waals surface area (Å²) >= 11 is 0. The molecule has 1 N–H and O–H groups in total. The standard InChI is InChI=1S/C14H19NO2/c1-9-5-4-6-13(10(9)2)15-8-7-12(11(15)3)14(16)17/h4-6,11-12H,7-8H2,1-3H3,(H,16,17)/t11-,12+/m1/s1. The van der Waals surface area contributed by atoms with Gasteiger partial charge in [-0.25, -0.2) is 0 Å². The maximum atomic E-state index is 11.1. The Morgan fingerprint density at radius 1 is 1.41 bits per heavy atom. The van der Waals surface area contributed by atoms with Gasteiger partial charge in [-0.3, -0.25) is 4.79 Å². The van der Waals surface area contributed by atoms with Crippen LogP contribution in [-0.2, 0) is 4.79 Å². The first-order valence-electron chi connectivity index (χ1n) is 6.08. The maximum absolute atomic E-state index is 11.1. The highest BCUT2D eigenvalue weighted by Crippen LogP contribution is 2.32. The highest BCUT2D eigenvalue weighted by molar-refractivity contribution is 5.73. The molecule has 3 nitrogen and oxygen atoms in total. The fraction of sp³-hybridized carbons (Fsp3) is 0.500. The van der Waals surface area contributed by atoms with Crippen molar-refractivity contribution in [2.45, 2.75) is 33.2 Å². The Balaban J connectivity index is 2.30. The zero-order chi connectivity index (χ0) is 12.6. The molecule has 0 spiro atoms. The topological polar surface area (TPSA) is 40.5 Å². The summed E-state index contributed by atoms with van der Waals surface area (Å²) in [5, 5.41) is 9.15. The highest BCUT2D eigenvalue weighted by atomic mass is 16.4. The second kappa shape index (κ2) is 4.40. The van der Waals surface area contributed by atoms with E-state index >= 15 is 0 Å². The largest absolute Gasteiger partial charge is 0.481 e. The van der Waals surface area contributed by atoms with E-state index in [1.807, 2.05) is 13.0 Å². The van der Waals surface area contributed by atoms with Gasteiger partial charge >= 0.3 is 5.97 Å². The number of hydrogen-bond donors (Lipinski definition) is 1. The molecule has 0 aromatic heterocycles. The monoisotopic (exact) mass is 233 g/mol. The van der Waals surface area contributed by atoms with Crippen LogP contribution in [0, 0.1) is 19.8 Å². The van der Waals surface area contributed by atoms with E-state index in [0.717, 1.165) is 13.0 Å². The minimum atomic E-state index is -0.676. The lowest BCUT2D eigenvalue weighted by molar-refractivity contribution is -0.141. The zero-order valence-electron chi connectivity index (χ0n) is 10.6. The summed E-state index contributed by atoms with van der Waals surface area (Å²) in [6.45, 7) is 7.04. The molecular formula is C14H19NO2. The predicted molar refractivity (Wildman–Crippen MR) is 68.5 cm³/mol. The van der Waals surface area contributed by atoms with Crippen molar-refractivity contribution in [1.29, 1.82) is 0 Å². The van der Waals surface area contributed by atoms with Gasteiger partial charge in [-0.15, -0.1) is 0 Å². The van der Waals surface area contributed by atoms with Gasteiger partial charge in [-0.05, 0) is 44.4 Å². The number of aliphatic carboxylic acids is 1. The Bertz CT molecular complexity index is 442. The van der Waals surface area contributed by atoms with E-state index in [-0.39, 0.29) is 12.0 Å². The van der Waals surface area contributed by atoms with Gasteiger partial charge in [0.1, 0.15) is 0 Å². The molecule has 0 unspecified atom stereocenters. The molecule has 1 aliphatic rings. The average molecular weight is 233 g/mol. The summed E-state index contributed by atoms with van der Waals surface area (Å²) in [6, 6.07) is 6.29. The molecule has 92 valence electrons. The summed E-state index contributed by atoms with van der Waals surface area (Å²) in [4.78, 5) is 13.3. The van der Waals surface area contributed by atoms with Gasteiger partial charge in [-0.1, -0.05) is 12.1 Å². The second-order valence-corrected chi connectivity index (χ2v) is 4.89. The van der Waals surface area contributed by atoms with Crippen molar-refractivity contribution in [2.75, 3.05) is 11.4 Å². The molecular weight excluding hydrogens is 214 g/mol. The Labute approximate surface area is 102 Å². The quantitative estimate of drug-likeness (QED) is 0.853. The molecule has 0 saturated carbocycles. The molecule has 17 heavy (non-hydrogen) atoms. The molecule has 1 fully saturated rings. The maximum Gasteiger partial charge on any atom is 0.308 e. The lowest BCUT2D eigenvalue weighted by Crippen LogP contribution is -2.33. The summed E-state index contributed by atoms with van der Waals surface area (Å²) < 4.78 is 0. The Morgan fingerprint density at radius 3 is 2.71 bits per heavy atom. The van der Waals surface area contributed by atoms with E-state index in [2.05, 4.69) is 30.9 Å². The van der Waals surface area contributed by atoms with Crippen molar-refractivity contribution in [3.8, 4) is 0 Å². The van der Waals surface area contributed by atoms with Crippen LogP contribution in [0.25, 0.3) is 0 Å². The molecule has 1 saturated heterocycles. The van der Waals surface area contributed by atoms with Gasteiger partial charge in [0.15, 0.2) is 0 Å². The molecule has 1 aromatic rings. The number of nitrogens with zero attached hydrogens (tertiary/aromatic N) is 1. The summed E-state index contributed by atoms with van der Waals surface area (Å²) in [6.07, 6.45) is 0.740. The Hall–Kier alpha value is -1.51. The third-order valence-corrected chi connectivity index (χ3v) is 3.96. The number of carboxylic acid groups (broad SMARTS) is 1. The summed E-state index contributed by atoms with van der Waals surface area (Å²) in [5.74, 6) is -0.916. The minimum Gasteiger partial charge on any atom is -0.481 e. The smallest absolute Gasteiger partial charge is 0.308 e. The van der Waals surface area contributed by atoms with Crippen LogP contribution in [0.1, 0.15) is 24.5 Å². The zero-order valence-corrected chi connectivity index (χ0v) is 10.6. The lowest BCUT2D eigenvalue weighted by Gasteiger charge is -2.27. The first-order chi connectivity index (χ1) is 8.02. The van der Waals surface area contributed by atoms with Crippen LogP contribution in [-0.4, -0.2) is 23.7 Å². The van der Waals surface area contributed by atoms with E-state index in [1.54, 1.807) is 0 Å². The Morgan fingerprint density at radius 2 is 2.12 bits per heavy atom. The molecule has 0 bridgehead atoms. The molecule has 0 aliphatic carbocycles. The van der Waals surface area contributed by atoms with Crippen molar-refractivity contribution in [3.05, 3.63) is 29.3 Å². The number of rotatable bonds is 2. The van der Waals surface area contributed by atoms with Crippen molar-refractivity contribution in [2.24, 2.45) is 5.92 Å². The van der Waals surface area contributed by atoms with E-state index in [1.165, 1.54) is 16.8 Å². The van der Waals surface area contributed by atoms with Gasteiger partial charge in [0, 0.05) is 18.3 Å². The average Bonchev–Trinajstić information content (AvgIpc) is 2.64. The van der Waals surface area contributed by atoms with Crippen LogP contribution >= 0.6 is 0 Å². The van der Waals surface area contributed by atoms with E-state index in [4.69, 9.17) is 5.11 Å². The molecule has 0 amide bonds. The van der Waals surface area contributed by atoms with Crippen LogP contribution in [0.2, 0.25) is 0 Å². The van der Waals surface area contributed by atoms with Gasteiger partial charge in [0.25, 0.3) is 0 Å². The van der Waals surface area contributed by atoms with Gasteiger partial charge in [-0.2, -0.15) is 0 Å². The van der Waals surface area contributed by atoms with Crippen molar-refractivity contribution in [1.82, 2.24) is 0 Å². The van der Waals surface area contributed by atoms with Crippen LogP contribution < -0.4 is 4.90 Å². The van der Waals surface area contributed by atoms with Crippen LogP contribution in [0.5, 0.6) is 0 Å². The van der Waals surface area contributed by atoms with Crippen LogP contribution in [0.15, 0.2) is 18.2 Å². The number of anilines is 1. The van der Waals surface area contributed by atoms with Crippen LogP contribution in [0.3, 0.4) is 0 Å². The number of benzene rings is 1. The summed E-state index contributed by atoms with van der Waals surface area (Å²) in [7, 11) is 0. The molecule has 1 aromatic carbocycles. The number of carboxylic acids is 1. The van der Waals surface area contributed by atoms with Gasteiger partial charge < -0.3 is 10.0 Å². The third kappa shape index (κ3) is 2.02. The summed E-state index contributed by atoms with van der Waals surface area (Å²) in [5.41, 5.74) is 3.69. The minimum absolute atomic E-state index is 0.0769. The first-order valence-corrected chi connectivity index (χ1v) is 6.08. The number of hydrogen-bond acceptors (Lipinski definition) is 2. The molecule has 2 atom stereocenters. The van der Waals surface area contributed by atoms with Crippen molar-refractivity contribution >= 4 is 11.7 Å². The normalized spacial score (nSPS) is 24.1. The molecule has 0 radical (unpaired) electrons. The molecule has 1 heterocycles. The third-order valence-electron chi connectivity index (χ3n) is 3.96. The lowest BCUT2D eigenvalue weighted by atomic mass is 10.0. The fourth-order valence-electron chi connectivity index (χ4n) is 2.66. The van der Waals surface area contributed by atoms with E-state index in [0.29, 0.717) is 0 Å². The van der Waals surface area contributed by atoms with Crippen molar-refractivity contribution in [3.63, 3.8) is 0 Å². The fourth-order valence-corrected chi connectivity index (χ4v) is 2.66. The van der Waals surface area contributed by atoms with Gasteiger partial charge in [0.2, 0.25) is 0 Å². The van der Waals surface area contributed by atoms with E-state index in [9.17, 15) is 4.79 Å². The molecule has 3 heteroatoms. The van der Waals surface area contributed by atoms with E-state index < -0.39 is 5.97 Å². The van der Waals surface area contributed by atoms with Crippen LogP contribution in [0.4, 0.5) is 5.69 Å².